The van der Waals surface area contributed by atoms with Crippen LogP contribution in [-0.4, -0.2) is 0 Å². The van der Waals surface area contributed by atoms with E-state index in [2.05, 4.69) is 125 Å². The fraction of sp³-hybridized carbons (Fsp3) is 0.273. The first kappa shape index (κ1) is 18.3. The summed E-state index contributed by atoms with van der Waals surface area (Å²) in [6.07, 6.45) is 0. The molecule has 0 saturated heterocycles. The predicted octanol–water partition coefficient (Wildman–Crippen LogP) is 7.25. The van der Waals surface area contributed by atoms with Gasteiger partial charge in [-0.25, -0.2) is 0 Å². The van der Waals surface area contributed by atoms with Crippen LogP contribution in [0.25, 0.3) is 0 Å². The Morgan fingerprint density at radius 2 is 0.455 bits per heavy atom. The first-order valence-electron chi connectivity index (χ1n) is 12.3. The zero-order valence-corrected chi connectivity index (χ0v) is 19.7. The third kappa shape index (κ3) is 1.34. The Balaban J connectivity index is 1.73. The van der Waals surface area contributed by atoms with Crippen molar-refractivity contribution in [3.63, 3.8) is 0 Å². The van der Waals surface area contributed by atoms with Crippen LogP contribution >= 0.6 is 0 Å². The third-order valence-corrected chi connectivity index (χ3v) is 11.0. The van der Waals surface area contributed by atoms with Crippen molar-refractivity contribution < 1.29 is 0 Å². The van der Waals surface area contributed by atoms with E-state index < -0.39 is 0 Å². The first-order chi connectivity index (χ1) is 15.9. The van der Waals surface area contributed by atoms with Gasteiger partial charge in [-0.2, -0.15) is 0 Å². The molecular formula is C33H28. The molecule has 4 aromatic carbocycles. The van der Waals surface area contributed by atoms with Gasteiger partial charge in [-0.3, -0.25) is 0 Å². The van der Waals surface area contributed by atoms with Crippen molar-refractivity contribution in [3.05, 3.63) is 142 Å². The molecule has 0 atom stereocenters. The molecule has 0 radical (unpaired) electrons. The molecule has 0 unspecified atom stereocenters. The van der Waals surface area contributed by atoms with Gasteiger partial charge in [0.25, 0.3) is 0 Å². The minimum absolute atomic E-state index is 0.0687. The van der Waals surface area contributed by atoms with Crippen molar-refractivity contribution in [1.29, 1.82) is 0 Å². The molecule has 0 N–H and O–H groups in total. The standard InChI is InChI=1S/C33H28/c1-29-21-13-5-7-15-23(21)30(2)25-17-9-11-19-27(25)32(4)28-20-12-10-18-26(28)31(3,33(29,30)32)24-16-8-6-14-22(24)29/h5-20H,1-4H3. The van der Waals surface area contributed by atoms with Gasteiger partial charge in [0, 0.05) is 27.1 Å². The molecule has 4 aromatic rings. The third-order valence-electron chi connectivity index (χ3n) is 11.0. The Morgan fingerprint density at radius 1 is 0.303 bits per heavy atom. The van der Waals surface area contributed by atoms with Gasteiger partial charge >= 0.3 is 0 Å². The lowest BCUT2D eigenvalue weighted by atomic mass is 9.43. The van der Waals surface area contributed by atoms with Crippen LogP contribution in [0.1, 0.15) is 72.2 Å². The van der Waals surface area contributed by atoms with Crippen molar-refractivity contribution in [2.45, 2.75) is 49.4 Å². The molecule has 33 heavy (non-hydrogen) atoms. The summed E-state index contributed by atoms with van der Waals surface area (Å²) in [6, 6.07) is 37.5. The highest BCUT2D eigenvalue weighted by Gasteiger charge is 2.88. The van der Waals surface area contributed by atoms with Gasteiger partial charge in [0.2, 0.25) is 0 Å². The summed E-state index contributed by atoms with van der Waals surface area (Å²) in [5.74, 6) is 0. The molecule has 0 aliphatic heterocycles. The fourth-order valence-corrected chi connectivity index (χ4v) is 10.6. The molecule has 0 heterocycles. The highest BCUT2D eigenvalue weighted by Crippen LogP contribution is 2.89. The Hall–Kier alpha value is -3.12. The zero-order chi connectivity index (χ0) is 22.4. The molecule has 4 aliphatic rings. The van der Waals surface area contributed by atoms with E-state index in [4.69, 9.17) is 0 Å². The maximum atomic E-state index is 2.58. The van der Waals surface area contributed by atoms with Gasteiger partial charge in [0.05, 0.1) is 0 Å². The van der Waals surface area contributed by atoms with Crippen LogP contribution in [0.4, 0.5) is 0 Å². The SMILES string of the molecule is CC12c3ccccc3C3(C)c4ccccc4C4(C)c5ccccc5C(C)(c5ccccc51)C234. The van der Waals surface area contributed by atoms with E-state index in [-0.39, 0.29) is 27.1 Å². The van der Waals surface area contributed by atoms with E-state index in [0.29, 0.717) is 0 Å². The van der Waals surface area contributed by atoms with Crippen molar-refractivity contribution in [2.75, 3.05) is 0 Å². The summed E-state index contributed by atoms with van der Waals surface area (Å²) in [5.41, 5.74) is 11.7. The van der Waals surface area contributed by atoms with Crippen LogP contribution in [0, 0.1) is 5.41 Å². The molecular weight excluding hydrogens is 396 g/mol. The zero-order valence-electron chi connectivity index (χ0n) is 19.7. The number of benzene rings is 4. The monoisotopic (exact) mass is 424 g/mol. The van der Waals surface area contributed by atoms with Crippen molar-refractivity contribution >= 4 is 0 Å². The van der Waals surface area contributed by atoms with E-state index in [9.17, 15) is 0 Å². The van der Waals surface area contributed by atoms with Crippen molar-refractivity contribution in [2.24, 2.45) is 5.41 Å². The second-order valence-corrected chi connectivity index (χ2v) is 11.4. The molecule has 0 saturated carbocycles. The van der Waals surface area contributed by atoms with E-state index in [1.165, 1.54) is 44.5 Å². The highest BCUT2D eigenvalue weighted by molar-refractivity contribution is 5.82. The van der Waals surface area contributed by atoms with Gasteiger partial charge < -0.3 is 0 Å². The summed E-state index contributed by atoms with van der Waals surface area (Å²) in [4.78, 5) is 0. The number of hydrogen-bond donors (Lipinski definition) is 0. The second-order valence-electron chi connectivity index (χ2n) is 11.4. The van der Waals surface area contributed by atoms with Crippen LogP contribution in [0.5, 0.6) is 0 Å². The average molecular weight is 425 g/mol. The Labute approximate surface area is 196 Å². The highest BCUT2D eigenvalue weighted by atomic mass is 14.9. The van der Waals surface area contributed by atoms with Crippen molar-refractivity contribution in [3.8, 4) is 0 Å². The summed E-state index contributed by atoms with van der Waals surface area (Å²) in [7, 11) is 0. The average Bonchev–Trinajstić information content (AvgIpc) is 3.35. The minimum Gasteiger partial charge on any atom is -0.0619 e. The number of hydrogen-bond acceptors (Lipinski definition) is 0. The Kier molecular flexibility index (Phi) is 2.79. The topological polar surface area (TPSA) is 0 Å². The maximum absolute atomic E-state index is 2.58. The normalized spacial score (nSPS) is 37.7. The van der Waals surface area contributed by atoms with Crippen molar-refractivity contribution in [1.82, 2.24) is 0 Å². The molecule has 0 aromatic heterocycles. The minimum atomic E-state index is -0.101. The van der Waals surface area contributed by atoms with Gasteiger partial charge in [-0.1, -0.05) is 125 Å². The lowest BCUT2D eigenvalue weighted by Crippen LogP contribution is -2.60. The van der Waals surface area contributed by atoms with Crippen LogP contribution < -0.4 is 0 Å². The molecule has 4 aliphatic carbocycles. The van der Waals surface area contributed by atoms with E-state index in [1.807, 2.05) is 0 Å². The molecule has 0 heteroatoms. The van der Waals surface area contributed by atoms with Gasteiger partial charge in [-0.05, 0) is 44.5 Å². The van der Waals surface area contributed by atoms with Crippen LogP contribution in [-0.2, 0) is 21.7 Å². The van der Waals surface area contributed by atoms with Crippen LogP contribution in [0.2, 0.25) is 0 Å². The lowest BCUT2D eigenvalue weighted by molar-refractivity contribution is 0.0253. The molecule has 0 bridgehead atoms. The molecule has 0 amide bonds. The Morgan fingerprint density at radius 3 is 0.606 bits per heavy atom. The summed E-state index contributed by atoms with van der Waals surface area (Å²) >= 11 is 0. The summed E-state index contributed by atoms with van der Waals surface area (Å²) < 4.78 is 0. The molecule has 0 fully saturated rings. The quantitative estimate of drug-likeness (QED) is 0.279. The van der Waals surface area contributed by atoms with E-state index in [1.54, 1.807) is 0 Å². The van der Waals surface area contributed by atoms with Gasteiger partial charge in [-0.15, -0.1) is 0 Å². The first-order valence-corrected chi connectivity index (χ1v) is 12.3. The lowest BCUT2D eigenvalue weighted by Gasteiger charge is -2.57. The molecule has 0 nitrogen and oxygen atoms in total. The predicted molar refractivity (Wildman–Crippen MR) is 134 cm³/mol. The van der Waals surface area contributed by atoms with E-state index >= 15 is 0 Å². The van der Waals surface area contributed by atoms with E-state index in [0.717, 1.165) is 0 Å². The largest absolute Gasteiger partial charge is 0.0619 e. The second kappa shape index (κ2) is 5.02. The molecule has 8 rings (SSSR count). The smallest absolute Gasteiger partial charge is 0.0272 e. The Bertz CT molecular complexity index is 1210. The van der Waals surface area contributed by atoms with Gasteiger partial charge in [0.15, 0.2) is 0 Å². The van der Waals surface area contributed by atoms with Crippen LogP contribution in [0.15, 0.2) is 97.1 Å². The fourth-order valence-electron chi connectivity index (χ4n) is 10.6. The maximum Gasteiger partial charge on any atom is 0.0272 e. The number of rotatable bonds is 0. The molecule has 160 valence electrons. The number of fused-ring (bicyclic) bond motifs is 12. The van der Waals surface area contributed by atoms with Gasteiger partial charge in [0.1, 0.15) is 0 Å². The summed E-state index contributed by atoms with van der Waals surface area (Å²) in [5, 5.41) is 0. The molecule has 1 spiro atoms. The summed E-state index contributed by atoms with van der Waals surface area (Å²) in [6.45, 7) is 10.3. The van der Waals surface area contributed by atoms with Crippen LogP contribution in [0.3, 0.4) is 0 Å².